The van der Waals surface area contributed by atoms with Crippen LogP contribution in [0.1, 0.15) is 11.1 Å². The van der Waals surface area contributed by atoms with Crippen LogP contribution in [-0.4, -0.2) is 31.4 Å². The van der Waals surface area contributed by atoms with Crippen molar-refractivity contribution in [3.63, 3.8) is 0 Å². The van der Waals surface area contributed by atoms with Gasteiger partial charge in [-0.3, -0.25) is 0 Å². The number of hydrogen-bond acceptors (Lipinski definition) is 4. The Labute approximate surface area is 135 Å². The van der Waals surface area contributed by atoms with Gasteiger partial charge in [-0.1, -0.05) is 17.7 Å². The number of carboxylic acids is 1. The summed E-state index contributed by atoms with van der Waals surface area (Å²) in [7, 11) is 3.13. The summed E-state index contributed by atoms with van der Waals surface area (Å²) in [6.45, 7) is 1.95. The minimum Gasteiger partial charge on any atom is -0.497 e. The topological polar surface area (TPSA) is 65.0 Å². The molecule has 0 radical (unpaired) electrons. The van der Waals surface area contributed by atoms with Crippen molar-refractivity contribution >= 4 is 5.97 Å². The third kappa shape index (κ3) is 4.39. The van der Waals surface area contributed by atoms with Gasteiger partial charge in [-0.15, -0.1) is 0 Å². The van der Waals surface area contributed by atoms with E-state index < -0.39 is 12.1 Å². The van der Waals surface area contributed by atoms with Crippen LogP contribution in [0.5, 0.6) is 17.2 Å². The Bertz CT molecular complexity index is 664. The Morgan fingerprint density at radius 3 is 2.26 bits per heavy atom. The van der Waals surface area contributed by atoms with Crippen LogP contribution in [0.3, 0.4) is 0 Å². The summed E-state index contributed by atoms with van der Waals surface area (Å²) in [5.41, 5.74) is 1.84. The zero-order valence-electron chi connectivity index (χ0n) is 13.4. The van der Waals surface area contributed by atoms with Crippen LogP contribution in [-0.2, 0) is 11.2 Å². The van der Waals surface area contributed by atoms with Gasteiger partial charge in [0.15, 0.2) is 6.10 Å². The summed E-state index contributed by atoms with van der Waals surface area (Å²) in [6.07, 6.45) is -0.786. The van der Waals surface area contributed by atoms with Crippen LogP contribution in [0.25, 0.3) is 0 Å². The standard InChI is InChI=1S/C18H20O5/c1-12-4-9-16(22-3)13(10-12)11-17(18(19)20)23-15-7-5-14(21-2)6-8-15/h4-10,17H,11H2,1-3H3,(H,19,20)/t17-/m0/s1. The van der Waals surface area contributed by atoms with Gasteiger partial charge in [0.2, 0.25) is 0 Å². The Kier molecular flexibility index (Phi) is 5.46. The van der Waals surface area contributed by atoms with Gasteiger partial charge < -0.3 is 19.3 Å². The molecule has 5 nitrogen and oxygen atoms in total. The number of carbonyl (C=O) groups is 1. The van der Waals surface area contributed by atoms with Gasteiger partial charge in [0.25, 0.3) is 0 Å². The monoisotopic (exact) mass is 316 g/mol. The van der Waals surface area contributed by atoms with Gasteiger partial charge in [-0.25, -0.2) is 4.79 Å². The highest BCUT2D eigenvalue weighted by molar-refractivity contribution is 5.73. The highest BCUT2D eigenvalue weighted by atomic mass is 16.5. The van der Waals surface area contributed by atoms with Gasteiger partial charge in [0.1, 0.15) is 17.2 Å². The second kappa shape index (κ2) is 7.54. The maximum Gasteiger partial charge on any atom is 0.345 e. The Balaban J connectivity index is 2.18. The van der Waals surface area contributed by atoms with Gasteiger partial charge in [-0.2, -0.15) is 0 Å². The lowest BCUT2D eigenvalue weighted by atomic mass is 10.0. The van der Waals surface area contributed by atoms with Crippen molar-refractivity contribution in [2.24, 2.45) is 0 Å². The van der Waals surface area contributed by atoms with E-state index in [0.717, 1.165) is 11.1 Å². The second-order valence-corrected chi connectivity index (χ2v) is 5.14. The SMILES string of the molecule is COc1ccc(O[C@@H](Cc2cc(C)ccc2OC)C(=O)O)cc1. The summed E-state index contributed by atoms with van der Waals surface area (Å²) in [5, 5.41) is 9.44. The highest BCUT2D eigenvalue weighted by Crippen LogP contribution is 2.24. The lowest BCUT2D eigenvalue weighted by molar-refractivity contribution is -0.145. The van der Waals surface area contributed by atoms with Crippen molar-refractivity contribution in [3.8, 4) is 17.2 Å². The number of benzene rings is 2. The molecule has 0 aliphatic heterocycles. The Morgan fingerprint density at radius 2 is 1.70 bits per heavy atom. The second-order valence-electron chi connectivity index (χ2n) is 5.14. The van der Waals surface area contributed by atoms with Gasteiger partial charge in [-0.05, 0) is 42.8 Å². The zero-order valence-corrected chi connectivity index (χ0v) is 13.4. The molecule has 5 heteroatoms. The van der Waals surface area contributed by atoms with E-state index >= 15 is 0 Å². The van der Waals surface area contributed by atoms with Crippen molar-refractivity contribution < 1.29 is 24.1 Å². The fraction of sp³-hybridized carbons (Fsp3) is 0.278. The van der Waals surface area contributed by atoms with Crippen molar-refractivity contribution in [3.05, 3.63) is 53.6 Å². The predicted molar refractivity (Wildman–Crippen MR) is 86.5 cm³/mol. The number of ether oxygens (including phenoxy) is 3. The molecule has 0 saturated carbocycles. The summed E-state index contributed by atoms with van der Waals surface area (Å²) < 4.78 is 16.0. The normalized spacial score (nSPS) is 11.6. The molecule has 2 aromatic rings. The first-order chi connectivity index (χ1) is 11.0. The molecule has 0 aliphatic carbocycles. The molecule has 1 atom stereocenters. The molecular weight excluding hydrogens is 296 g/mol. The van der Waals surface area contributed by atoms with Crippen LogP contribution in [0.2, 0.25) is 0 Å². The van der Waals surface area contributed by atoms with Crippen molar-refractivity contribution in [2.45, 2.75) is 19.4 Å². The van der Waals surface area contributed by atoms with E-state index in [1.165, 1.54) is 0 Å². The summed E-state index contributed by atoms with van der Waals surface area (Å²) in [5.74, 6) is 0.791. The molecule has 0 bridgehead atoms. The third-order valence-corrected chi connectivity index (χ3v) is 3.45. The number of carboxylic acid groups (broad SMARTS) is 1. The van der Waals surface area contributed by atoms with E-state index in [1.54, 1.807) is 38.5 Å². The average Bonchev–Trinajstić information content (AvgIpc) is 2.55. The first-order valence-corrected chi connectivity index (χ1v) is 7.20. The average molecular weight is 316 g/mol. The van der Waals surface area contributed by atoms with E-state index in [1.807, 2.05) is 25.1 Å². The van der Waals surface area contributed by atoms with Crippen LogP contribution in [0.4, 0.5) is 0 Å². The first-order valence-electron chi connectivity index (χ1n) is 7.20. The molecule has 0 unspecified atom stereocenters. The van der Waals surface area contributed by atoms with Crippen molar-refractivity contribution in [1.82, 2.24) is 0 Å². The minimum atomic E-state index is -1.02. The fourth-order valence-corrected chi connectivity index (χ4v) is 2.26. The predicted octanol–water partition coefficient (Wildman–Crippen LogP) is 3.09. The van der Waals surface area contributed by atoms with Crippen LogP contribution in [0.15, 0.2) is 42.5 Å². The quantitative estimate of drug-likeness (QED) is 0.850. The van der Waals surface area contributed by atoms with E-state index in [-0.39, 0.29) is 6.42 Å². The van der Waals surface area contributed by atoms with Crippen LogP contribution < -0.4 is 14.2 Å². The molecule has 1 N–H and O–H groups in total. The third-order valence-electron chi connectivity index (χ3n) is 3.45. The largest absolute Gasteiger partial charge is 0.497 e. The van der Waals surface area contributed by atoms with E-state index in [2.05, 4.69) is 0 Å². The lowest BCUT2D eigenvalue weighted by Crippen LogP contribution is -2.29. The summed E-state index contributed by atoms with van der Waals surface area (Å²) in [6, 6.07) is 12.5. The molecule has 2 aromatic carbocycles. The molecule has 0 aromatic heterocycles. The van der Waals surface area contributed by atoms with Gasteiger partial charge >= 0.3 is 5.97 Å². The molecule has 23 heavy (non-hydrogen) atoms. The molecule has 0 fully saturated rings. The molecule has 0 amide bonds. The highest BCUT2D eigenvalue weighted by Gasteiger charge is 2.22. The van der Waals surface area contributed by atoms with Crippen LogP contribution in [0, 0.1) is 6.92 Å². The Morgan fingerprint density at radius 1 is 1.04 bits per heavy atom. The first kappa shape index (κ1) is 16.7. The van der Waals surface area contributed by atoms with Gasteiger partial charge in [0.05, 0.1) is 14.2 Å². The molecule has 122 valence electrons. The summed E-state index contributed by atoms with van der Waals surface area (Å²) in [4.78, 5) is 11.5. The molecular formula is C18H20O5. The number of methoxy groups -OCH3 is 2. The number of aliphatic carboxylic acids is 1. The molecule has 0 heterocycles. The maximum absolute atomic E-state index is 11.5. The fourth-order valence-electron chi connectivity index (χ4n) is 2.26. The minimum absolute atomic E-state index is 0.214. The van der Waals surface area contributed by atoms with Crippen LogP contribution >= 0.6 is 0 Å². The molecule has 0 aliphatic rings. The van der Waals surface area contributed by atoms with E-state index in [0.29, 0.717) is 17.2 Å². The van der Waals surface area contributed by atoms with Crippen molar-refractivity contribution in [2.75, 3.05) is 14.2 Å². The molecule has 0 saturated heterocycles. The lowest BCUT2D eigenvalue weighted by Gasteiger charge is -2.17. The smallest absolute Gasteiger partial charge is 0.345 e. The number of rotatable bonds is 7. The number of hydrogen-bond donors (Lipinski definition) is 1. The number of aryl methyl sites for hydroxylation is 1. The van der Waals surface area contributed by atoms with Crippen molar-refractivity contribution in [1.29, 1.82) is 0 Å². The Hall–Kier alpha value is -2.69. The van der Waals surface area contributed by atoms with Gasteiger partial charge in [0, 0.05) is 6.42 Å². The zero-order chi connectivity index (χ0) is 16.8. The van der Waals surface area contributed by atoms with E-state index in [9.17, 15) is 9.90 Å². The van der Waals surface area contributed by atoms with E-state index in [4.69, 9.17) is 14.2 Å². The maximum atomic E-state index is 11.5. The summed E-state index contributed by atoms with van der Waals surface area (Å²) >= 11 is 0. The molecule has 2 rings (SSSR count). The molecule has 0 spiro atoms.